The molecule has 0 spiro atoms. The van der Waals surface area contributed by atoms with E-state index in [2.05, 4.69) is 48.0 Å². The summed E-state index contributed by atoms with van der Waals surface area (Å²) < 4.78 is 0. The summed E-state index contributed by atoms with van der Waals surface area (Å²) in [4.78, 5) is 6.92. The van der Waals surface area contributed by atoms with E-state index in [0.29, 0.717) is 10.7 Å². The number of nitrogens with zero attached hydrogens (tertiary/aromatic N) is 2. The third-order valence-electron chi connectivity index (χ3n) is 3.23. The second-order valence-corrected chi connectivity index (χ2v) is 5.17. The smallest absolute Gasteiger partial charge is 0.123 e. The zero-order valence-corrected chi connectivity index (χ0v) is 12.7. The fourth-order valence-electron chi connectivity index (χ4n) is 2.20. The maximum absolute atomic E-state index is 5.74. The lowest BCUT2D eigenvalue weighted by Gasteiger charge is -2.24. The standard InChI is InChI=1S/C16H19N3S/c1-3-19(14-8-4-6-12(2)10-14)11-13-7-5-9-18-15(13)16(17)20/h4-10H,3,11H2,1-2H3,(H2,17,20). The number of nitrogens with two attached hydrogens (primary N) is 1. The Morgan fingerprint density at radius 3 is 2.75 bits per heavy atom. The van der Waals surface area contributed by atoms with Gasteiger partial charge in [-0.3, -0.25) is 4.98 Å². The predicted molar refractivity (Wildman–Crippen MR) is 88.0 cm³/mol. The van der Waals surface area contributed by atoms with Gasteiger partial charge < -0.3 is 10.6 Å². The van der Waals surface area contributed by atoms with Gasteiger partial charge in [0.25, 0.3) is 0 Å². The normalized spacial score (nSPS) is 10.3. The molecule has 2 rings (SSSR count). The summed E-state index contributed by atoms with van der Waals surface area (Å²) >= 11 is 5.07. The molecule has 0 aliphatic heterocycles. The minimum absolute atomic E-state index is 0.348. The van der Waals surface area contributed by atoms with Crippen molar-refractivity contribution in [3.8, 4) is 0 Å². The minimum Gasteiger partial charge on any atom is -0.388 e. The van der Waals surface area contributed by atoms with Crippen molar-refractivity contribution < 1.29 is 0 Å². The minimum atomic E-state index is 0.348. The SMILES string of the molecule is CCN(Cc1cccnc1C(N)=S)c1cccc(C)c1. The van der Waals surface area contributed by atoms with Crippen LogP contribution in [0, 0.1) is 6.92 Å². The van der Waals surface area contributed by atoms with E-state index in [1.165, 1.54) is 11.3 Å². The van der Waals surface area contributed by atoms with Crippen LogP contribution in [0.15, 0.2) is 42.6 Å². The number of aryl methyl sites for hydroxylation is 1. The van der Waals surface area contributed by atoms with Gasteiger partial charge in [0.15, 0.2) is 0 Å². The van der Waals surface area contributed by atoms with Crippen molar-refractivity contribution in [1.82, 2.24) is 4.98 Å². The van der Waals surface area contributed by atoms with Crippen molar-refractivity contribution in [3.63, 3.8) is 0 Å². The molecule has 0 bridgehead atoms. The number of thiocarbonyl (C=S) groups is 1. The molecule has 1 aromatic carbocycles. The molecule has 0 atom stereocenters. The Kier molecular flexibility index (Phi) is 4.69. The molecule has 1 heterocycles. The number of benzene rings is 1. The first kappa shape index (κ1) is 14.5. The summed E-state index contributed by atoms with van der Waals surface area (Å²) in [5.41, 5.74) is 9.97. The Balaban J connectivity index is 2.29. The van der Waals surface area contributed by atoms with Gasteiger partial charge in [0.2, 0.25) is 0 Å². The van der Waals surface area contributed by atoms with Crippen LogP contribution in [0.1, 0.15) is 23.7 Å². The summed E-state index contributed by atoms with van der Waals surface area (Å²) in [6.07, 6.45) is 1.72. The highest BCUT2D eigenvalue weighted by Crippen LogP contribution is 2.19. The first-order valence-electron chi connectivity index (χ1n) is 6.67. The van der Waals surface area contributed by atoms with Crippen molar-refractivity contribution in [1.29, 1.82) is 0 Å². The third kappa shape index (κ3) is 3.33. The fourth-order valence-corrected chi connectivity index (χ4v) is 2.39. The Morgan fingerprint density at radius 2 is 2.10 bits per heavy atom. The topological polar surface area (TPSA) is 42.2 Å². The largest absolute Gasteiger partial charge is 0.388 e. The van der Waals surface area contributed by atoms with Gasteiger partial charge in [0, 0.05) is 30.5 Å². The highest BCUT2D eigenvalue weighted by Gasteiger charge is 2.11. The highest BCUT2D eigenvalue weighted by molar-refractivity contribution is 7.80. The van der Waals surface area contributed by atoms with Crippen LogP contribution in [-0.2, 0) is 6.54 Å². The van der Waals surface area contributed by atoms with Crippen LogP contribution < -0.4 is 10.6 Å². The quantitative estimate of drug-likeness (QED) is 0.857. The molecule has 0 unspecified atom stereocenters. The van der Waals surface area contributed by atoms with Gasteiger partial charge in [-0.25, -0.2) is 0 Å². The first-order chi connectivity index (χ1) is 9.61. The summed E-state index contributed by atoms with van der Waals surface area (Å²) in [6.45, 7) is 5.90. The lowest BCUT2D eigenvalue weighted by atomic mass is 10.1. The van der Waals surface area contributed by atoms with E-state index in [4.69, 9.17) is 18.0 Å². The number of pyridine rings is 1. The lowest BCUT2D eigenvalue weighted by molar-refractivity contribution is 0.826. The molecule has 0 saturated heterocycles. The molecular formula is C16H19N3S. The van der Waals surface area contributed by atoms with E-state index in [9.17, 15) is 0 Å². The summed E-state index contributed by atoms with van der Waals surface area (Å²) in [5.74, 6) is 0. The van der Waals surface area contributed by atoms with Gasteiger partial charge >= 0.3 is 0 Å². The first-order valence-corrected chi connectivity index (χ1v) is 7.08. The molecule has 0 fully saturated rings. The van der Waals surface area contributed by atoms with Gasteiger partial charge in [-0.2, -0.15) is 0 Å². The highest BCUT2D eigenvalue weighted by atomic mass is 32.1. The Morgan fingerprint density at radius 1 is 1.30 bits per heavy atom. The van der Waals surface area contributed by atoms with Crippen molar-refractivity contribution >= 4 is 22.9 Å². The van der Waals surface area contributed by atoms with E-state index < -0.39 is 0 Å². The average molecular weight is 285 g/mol. The number of aromatic nitrogens is 1. The number of hydrogen-bond acceptors (Lipinski definition) is 3. The van der Waals surface area contributed by atoms with Gasteiger partial charge in [-0.05, 0) is 37.6 Å². The van der Waals surface area contributed by atoms with Crippen LogP contribution in [0.25, 0.3) is 0 Å². The zero-order chi connectivity index (χ0) is 14.5. The maximum atomic E-state index is 5.74. The van der Waals surface area contributed by atoms with Gasteiger partial charge in [0.1, 0.15) is 10.7 Å². The molecule has 4 heteroatoms. The van der Waals surface area contributed by atoms with E-state index in [1.54, 1.807) is 6.20 Å². The van der Waals surface area contributed by atoms with Gasteiger partial charge in [-0.1, -0.05) is 30.4 Å². The van der Waals surface area contributed by atoms with Gasteiger partial charge in [0.05, 0.1) is 0 Å². The van der Waals surface area contributed by atoms with Crippen molar-refractivity contribution in [2.75, 3.05) is 11.4 Å². The van der Waals surface area contributed by atoms with Crippen LogP contribution in [0.4, 0.5) is 5.69 Å². The zero-order valence-electron chi connectivity index (χ0n) is 11.8. The second-order valence-electron chi connectivity index (χ2n) is 4.73. The van der Waals surface area contributed by atoms with Crippen molar-refractivity contribution in [2.24, 2.45) is 5.73 Å². The van der Waals surface area contributed by atoms with Crippen molar-refractivity contribution in [2.45, 2.75) is 20.4 Å². The van der Waals surface area contributed by atoms with Crippen LogP contribution in [-0.4, -0.2) is 16.5 Å². The molecule has 0 aliphatic carbocycles. The molecule has 0 radical (unpaired) electrons. The van der Waals surface area contributed by atoms with Crippen LogP contribution in [0.2, 0.25) is 0 Å². The average Bonchev–Trinajstić information content (AvgIpc) is 2.45. The molecule has 0 aliphatic rings. The second kappa shape index (κ2) is 6.48. The van der Waals surface area contributed by atoms with E-state index in [-0.39, 0.29) is 0 Å². The van der Waals surface area contributed by atoms with Crippen LogP contribution in [0.3, 0.4) is 0 Å². The van der Waals surface area contributed by atoms with E-state index in [1.807, 2.05) is 12.1 Å². The molecule has 20 heavy (non-hydrogen) atoms. The summed E-state index contributed by atoms with van der Waals surface area (Å²) in [6, 6.07) is 12.4. The molecule has 2 aromatic rings. The fraction of sp³-hybridized carbons (Fsp3) is 0.250. The Labute approximate surface area is 125 Å². The van der Waals surface area contributed by atoms with E-state index in [0.717, 1.165) is 18.7 Å². The maximum Gasteiger partial charge on any atom is 0.123 e. The summed E-state index contributed by atoms with van der Waals surface area (Å²) in [5, 5.41) is 0. The van der Waals surface area contributed by atoms with Crippen LogP contribution in [0.5, 0.6) is 0 Å². The summed E-state index contributed by atoms with van der Waals surface area (Å²) in [7, 11) is 0. The molecular weight excluding hydrogens is 266 g/mol. The molecule has 2 N–H and O–H groups in total. The van der Waals surface area contributed by atoms with Gasteiger partial charge in [-0.15, -0.1) is 0 Å². The molecule has 1 aromatic heterocycles. The predicted octanol–water partition coefficient (Wildman–Crippen LogP) is 3.05. The molecule has 104 valence electrons. The molecule has 3 nitrogen and oxygen atoms in total. The number of rotatable bonds is 5. The third-order valence-corrected chi connectivity index (χ3v) is 3.43. The molecule has 0 saturated carbocycles. The number of anilines is 1. The monoisotopic (exact) mass is 285 g/mol. The van der Waals surface area contributed by atoms with E-state index >= 15 is 0 Å². The lowest BCUT2D eigenvalue weighted by Crippen LogP contribution is -2.25. The number of hydrogen-bond donors (Lipinski definition) is 1. The Hall–Kier alpha value is -1.94. The molecule has 0 amide bonds. The Bertz CT molecular complexity index is 610. The van der Waals surface area contributed by atoms with Crippen molar-refractivity contribution in [3.05, 3.63) is 59.4 Å². The van der Waals surface area contributed by atoms with Crippen LogP contribution >= 0.6 is 12.2 Å².